The van der Waals surface area contributed by atoms with Gasteiger partial charge in [0.05, 0.1) is 11.8 Å². The van der Waals surface area contributed by atoms with Gasteiger partial charge in [-0.25, -0.2) is 0 Å². The quantitative estimate of drug-likeness (QED) is 0.215. The maximum absolute atomic E-state index is 12.0. The molecule has 0 aromatic rings. The van der Waals surface area contributed by atoms with Gasteiger partial charge in [-0.05, 0) is 0 Å². The van der Waals surface area contributed by atoms with E-state index in [1.165, 1.54) is 14.1 Å². The van der Waals surface area contributed by atoms with Crippen LogP contribution in [0.15, 0.2) is 0 Å². The van der Waals surface area contributed by atoms with Crippen LogP contribution in [0.25, 0.3) is 0 Å². The lowest BCUT2D eigenvalue weighted by molar-refractivity contribution is -0.156. The fourth-order valence-corrected chi connectivity index (χ4v) is 3.17. The summed E-state index contributed by atoms with van der Waals surface area (Å²) in [6.07, 6.45) is 0. The molecule has 6 N–H and O–H groups in total. The van der Waals surface area contributed by atoms with Crippen LogP contribution in [-0.4, -0.2) is 49.2 Å². The van der Waals surface area contributed by atoms with E-state index in [1.807, 2.05) is 0 Å². The first-order valence-electron chi connectivity index (χ1n) is 6.00. The minimum atomic E-state index is -2.22. The summed E-state index contributed by atoms with van der Waals surface area (Å²) in [6.45, 7) is 0. The van der Waals surface area contributed by atoms with E-state index in [1.54, 1.807) is 0 Å². The highest BCUT2D eigenvalue weighted by Gasteiger charge is 2.59. The van der Waals surface area contributed by atoms with Crippen molar-refractivity contribution in [3.05, 3.63) is 0 Å². The van der Waals surface area contributed by atoms with Crippen molar-refractivity contribution in [1.29, 1.82) is 0 Å². The summed E-state index contributed by atoms with van der Waals surface area (Å²) < 4.78 is 0. The number of nitrogens with one attached hydrogen (secondary N) is 2. The third kappa shape index (κ3) is 3.43. The smallest absolute Gasteiger partial charge is 0.234 e. The molecule has 2 unspecified atom stereocenters. The van der Waals surface area contributed by atoms with Gasteiger partial charge in [0.1, 0.15) is 0 Å². The van der Waals surface area contributed by atoms with Crippen molar-refractivity contribution in [3.8, 4) is 0 Å². The van der Waals surface area contributed by atoms with Crippen molar-refractivity contribution in [1.82, 2.24) is 10.6 Å². The molecule has 0 saturated carbocycles. The number of amides is 4. The van der Waals surface area contributed by atoms with Crippen LogP contribution in [0.2, 0.25) is 0 Å². The van der Waals surface area contributed by atoms with Crippen LogP contribution in [0.3, 0.4) is 0 Å². The Bertz CT molecular complexity index is 404. The molecule has 0 rings (SSSR count). The zero-order valence-corrected chi connectivity index (χ0v) is 13.5. The van der Waals surface area contributed by atoms with Gasteiger partial charge < -0.3 is 22.1 Å². The summed E-state index contributed by atoms with van der Waals surface area (Å²) >= 11 is 7.98. The standard InChI is InChI=1S/C11H20N4O4S2/c1-14-7(16)5(3-20)11(9(12)18,10(13)19)6(4-21)8(17)15-2/h5-6,20-21H,3-4H2,1-2H3,(H2,12,18)(H2,13,19)(H,14,16)(H,15,17). The van der Waals surface area contributed by atoms with Crippen LogP contribution in [-0.2, 0) is 19.2 Å². The van der Waals surface area contributed by atoms with Gasteiger partial charge >= 0.3 is 0 Å². The van der Waals surface area contributed by atoms with Crippen LogP contribution in [0.4, 0.5) is 0 Å². The van der Waals surface area contributed by atoms with Crippen molar-refractivity contribution in [3.63, 3.8) is 0 Å². The van der Waals surface area contributed by atoms with Gasteiger partial charge in [-0.1, -0.05) is 0 Å². The van der Waals surface area contributed by atoms with Gasteiger partial charge in [-0.2, -0.15) is 25.3 Å². The Morgan fingerprint density at radius 2 is 1.19 bits per heavy atom. The van der Waals surface area contributed by atoms with Crippen molar-refractivity contribution in [2.75, 3.05) is 25.6 Å². The highest BCUT2D eigenvalue weighted by molar-refractivity contribution is 7.80. The van der Waals surface area contributed by atoms with Crippen molar-refractivity contribution in [2.45, 2.75) is 0 Å². The first-order chi connectivity index (χ1) is 9.75. The van der Waals surface area contributed by atoms with Crippen LogP contribution in [0.5, 0.6) is 0 Å². The fourth-order valence-electron chi connectivity index (χ4n) is 2.27. The number of carbonyl (C=O) groups is 4. The Balaban J connectivity index is 6.33. The van der Waals surface area contributed by atoms with Gasteiger partial charge in [0.2, 0.25) is 23.6 Å². The number of primary amides is 2. The Morgan fingerprint density at radius 1 is 0.905 bits per heavy atom. The van der Waals surface area contributed by atoms with Crippen LogP contribution in [0, 0.1) is 17.3 Å². The van der Waals surface area contributed by atoms with Gasteiger partial charge in [0.15, 0.2) is 5.41 Å². The molecule has 0 aliphatic heterocycles. The highest BCUT2D eigenvalue weighted by Crippen LogP contribution is 2.38. The second kappa shape index (κ2) is 8.13. The number of hydrogen-bond donors (Lipinski definition) is 6. The molecule has 120 valence electrons. The molecule has 0 aromatic heterocycles. The molecule has 0 heterocycles. The van der Waals surface area contributed by atoms with E-state index < -0.39 is 40.9 Å². The van der Waals surface area contributed by atoms with Gasteiger partial charge in [-0.3, -0.25) is 19.2 Å². The third-order valence-corrected chi connectivity index (χ3v) is 4.14. The Morgan fingerprint density at radius 3 is 1.33 bits per heavy atom. The minimum absolute atomic E-state index is 0.202. The molecule has 0 fully saturated rings. The normalized spacial score (nSPS) is 13.9. The summed E-state index contributed by atoms with van der Waals surface area (Å²) in [6, 6.07) is 0. The second-order valence-corrected chi connectivity index (χ2v) is 5.03. The molecule has 0 bridgehead atoms. The number of thiol groups is 2. The summed E-state index contributed by atoms with van der Waals surface area (Å²) in [7, 11) is 2.64. The topological polar surface area (TPSA) is 144 Å². The van der Waals surface area contributed by atoms with Crippen LogP contribution >= 0.6 is 25.3 Å². The maximum atomic E-state index is 12.0. The van der Waals surface area contributed by atoms with Crippen LogP contribution in [0.1, 0.15) is 0 Å². The molecule has 0 spiro atoms. The zero-order valence-electron chi connectivity index (χ0n) is 11.8. The van der Waals surface area contributed by atoms with E-state index in [4.69, 9.17) is 11.5 Å². The molecule has 8 nitrogen and oxygen atoms in total. The molecule has 4 amide bonds. The molecular formula is C11H20N4O4S2. The van der Waals surface area contributed by atoms with E-state index in [0.29, 0.717) is 0 Å². The van der Waals surface area contributed by atoms with E-state index >= 15 is 0 Å². The largest absolute Gasteiger partial charge is 0.369 e. The Labute approximate surface area is 133 Å². The SMILES string of the molecule is CNC(=O)C(CS)C(C(N)=O)(C(N)=O)C(CS)C(=O)NC. The number of rotatable bonds is 8. The van der Waals surface area contributed by atoms with Crippen LogP contribution < -0.4 is 22.1 Å². The van der Waals surface area contributed by atoms with Gasteiger partial charge in [0, 0.05) is 25.6 Å². The molecule has 10 heteroatoms. The number of hydrogen-bond acceptors (Lipinski definition) is 6. The summed E-state index contributed by atoms with van der Waals surface area (Å²) in [4.78, 5) is 48.0. The van der Waals surface area contributed by atoms with E-state index in [2.05, 4.69) is 35.9 Å². The average Bonchev–Trinajstić information content (AvgIpc) is 2.45. The number of nitrogens with two attached hydrogens (primary N) is 2. The number of carbonyl (C=O) groups excluding carboxylic acids is 4. The second-order valence-electron chi connectivity index (χ2n) is 4.30. The maximum Gasteiger partial charge on any atom is 0.234 e. The lowest BCUT2D eigenvalue weighted by Crippen LogP contribution is -2.63. The van der Waals surface area contributed by atoms with Gasteiger partial charge in [0.25, 0.3) is 0 Å². The first kappa shape index (κ1) is 19.6. The Kier molecular flexibility index (Phi) is 7.58. The van der Waals surface area contributed by atoms with E-state index in [-0.39, 0.29) is 11.5 Å². The predicted molar refractivity (Wildman–Crippen MR) is 83.6 cm³/mol. The monoisotopic (exact) mass is 336 g/mol. The first-order valence-corrected chi connectivity index (χ1v) is 7.26. The highest BCUT2D eigenvalue weighted by atomic mass is 32.1. The summed E-state index contributed by atoms with van der Waals surface area (Å²) in [5.74, 6) is -6.66. The molecule has 0 radical (unpaired) electrons. The van der Waals surface area contributed by atoms with Crippen molar-refractivity contribution >= 4 is 48.9 Å². The minimum Gasteiger partial charge on any atom is -0.369 e. The molecular weight excluding hydrogens is 316 g/mol. The summed E-state index contributed by atoms with van der Waals surface area (Å²) in [5, 5.41) is 4.61. The molecule has 2 atom stereocenters. The van der Waals surface area contributed by atoms with Crippen molar-refractivity contribution < 1.29 is 19.2 Å². The summed E-state index contributed by atoms with van der Waals surface area (Å²) in [5.41, 5.74) is 8.47. The molecule has 0 aromatic carbocycles. The van der Waals surface area contributed by atoms with E-state index in [9.17, 15) is 19.2 Å². The predicted octanol–water partition coefficient (Wildman–Crippen LogP) is -2.47. The third-order valence-electron chi connectivity index (χ3n) is 3.41. The fraction of sp³-hybridized carbons (Fsp3) is 0.636. The molecule has 21 heavy (non-hydrogen) atoms. The molecule has 0 aliphatic carbocycles. The van der Waals surface area contributed by atoms with E-state index in [0.717, 1.165) is 0 Å². The average molecular weight is 336 g/mol. The Hall–Kier alpha value is -1.42. The lowest BCUT2D eigenvalue weighted by Gasteiger charge is -2.38. The molecule has 0 saturated heterocycles. The van der Waals surface area contributed by atoms with Gasteiger partial charge in [-0.15, -0.1) is 0 Å². The van der Waals surface area contributed by atoms with Crippen molar-refractivity contribution in [2.24, 2.45) is 28.7 Å². The lowest BCUT2D eigenvalue weighted by atomic mass is 9.65. The molecule has 0 aliphatic rings. The zero-order chi connectivity index (χ0) is 16.8.